The predicted molar refractivity (Wildman–Crippen MR) is 162 cm³/mol. The minimum Gasteiger partial charge on any atom is -0.467 e. The molecule has 0 spiro atoms. The lowest BCUT2D eigenvalue weighted by molar-refractivity contribution is -0.141. The lowest BCUT2D eigenvalue weighted by Gasteiger charge is -2.36. The van der Waals surface area contributed by atoms with Gasteiger partial charge in [0.15, 0.2) is 0 Å². The summed E-state index contributed by atoms with van der Waals surface area (Å²) >= 11 is 0. The summed E-state index contributed by atoms with van der Waals surface area (Å²) in [6.45, 7) is 10.6. The van der Waals surface area contributed by atoms with Crippen molar-refractivity contribution in [2.45, 2.75) is 58.9 Å². The fraction of sp³-hybridized carbons (Fsp3) is 0.562. The van der Waals surface area contributed by atoms with Gasteiger partial charge in [0, 0.05) is 46.2 Å². The number of likely N-dealkylation sites (N-methyl/N-ethyl adjacent to an activating group) is 2. The molecule has 242 valence electrons. The third kappa shape index (κ3) is 9.73. The van der Waals surface area contributed by atoms with Crippen molar-refractivity contribution >= 4 is 24.0 Å². The van der Waals surface area contributed by atoms with E-state index in [1.807, 2.05) is 37.3 Å². The van der Waals surface area contributed by atoms with Gasteiger partial charge in [-0.05, 0) is 45.4 Å². The summed E-state index contributed by atoms with van der Waals surface area (Å²) in [4.78, 5) is 57.4. The highest BCUT2D eigenvalue weighted by Crippen LogP contribution is 2.29. The molecular weight excluding hydrogens is 568 g/mol. The maximum Gasteiger partial charge on any atom is 0.410 e. The van der Waals surface area contributed by atoms with E-state index in [-0.39, 0.29) is 37.6 Å². The van der Waals surface area contributed by atoms with E-state index in [0.29, 0.717) is 31.9 Å². The molecule has 12 heteroatoms. The van der Waals surface area contributed by atoms with Crippen LogP contribution in [-0.4, -0.2) is 109 Å². The highest BCUT2D eigenvalue weighted by Gasteiger charge is 2.35. The van der Waals surface area contributed by atoms with E-state index in [9.17, 15) is 19.2 Å². The summed E-state index contributed by atoms with van der Waals surface area (Å²) < 4.78 is 22.3. The standard InChI is InChI=1S/C32H46N4O8/c1-23(28(26-14-11-19-42-26)34(7)29(38)24(2)33(6)30(39)44-32(3,4)5)20-41-22-27(37)35-15-17-36(18-16-35)31(40)43-21-25-12-9-8-10-13-25/h8-14,19,23-24,28H,15-18,20-22H2,1-7H3. The molecule has 0 saturated carbocycles. The molecule has 2 aromatic rings. The second-order valence-electron chi connectivity index (χ2n) is 12.1. The lowest BCUT2D eigenvalue weighted by atomic mass is 9.98. The summed E-state index contributed by atoms with van der Waals surface area (Å²) in [5, 5.41) is 0. The van der Waals surface area contributed by atoms with E-state index >= 15 is 0 Å². The van der Waals surface area contributed by atoms with Gasteiger partial charge in [-0.1, -0.05) is 37.3 Å². The van der Waals surface area contributed by atoms with Gasteiger partial charge in [-0.2, -0.15) is 0 Å². The van der Waals surface area contributed by atoms with E-state index in [4.69, 9.17) is 18.6 Å². The Morgan fingerprint density at radius 2 is 1.55 bits per heavy atom. The molecule has 12 nitrogen and oxygen atoms in total. The molecule has 3 rings (SSSR count). The van der Waals surface area contributed by atoms with Crippen LogP contribution < -0.4 is 0 Å². The molecule has 1 fully saturated rings. The Labute approximate surface area is 259 Å². The van der Waals surface area contributed by atoms with Gasteiger partial charge < -0.3 is 33.3 Å². The van der Waals surface area contributed by atoms with E-state index in [0.717, 1.165) is 5.56 Å². The highest BCUT2D eigenvalue weighted by atomic mass is 16.6. The van der Waals surface area contributed by atoms with Gasteiger partial charge in [0.1, 0.15) is 30.6 Å². The molecule has 0 bridgehead atoms. The van der Waals surface area contributed by atoms with Crippen LogP contribution in [0.2, 0.25) is 0 Å². The minimum atomic E-state index is -0.795. The largest absolute Gasteiger partial charge is 0.467 e. The third-order valence-electron chi connectivity index (χ3n) is 7.46. The molecule has 0 aliphatic carbocycles. The van der Waals surface area contributed by atoms with Crippen molar-refractivity contribution in [3.63, 3.8) is 0 Å². The van der Waals surface area contributed by atoms with Gasteiger partial charge in [0.05, 0.1) is 18.9 Å². The number of rotatable bonds is 11. The van der Waals surface area contributed by atoms with E-state index < -0.39 is 29.9 Å². The topological polar surface area (TPSA) is 122 Å². The Bertz CT molecular complexity index is 1220. The number of furan rings is 1. The van der Waals surface area contributed by atoms with Crippen LogP contribution in [0, 0.1) is 5.92 Å². The summed E-state index contributed by atoms with van der Waals surface area (Å²) in [5.74, 6) is -0.173. The first-order valence-corrected chi connectivity index (χ1v) is 14.9. The number of hydrogen-bond donors (Lipinski definition) is 0. The van der Waals surface area contributed by atoms with Gasteiger partial charge >= 0.3 is 12.2 Å². The van der Waals surface area contributed by atoms with Crippen LogP contribution in [0.15, 0.2) is 53.1 Å². The molecule has 1 saturated heterocycles. The Morgan fingerprint density at radius 1 is 0.909 bits per heavy atom. The smallest absolute Gasteiger partial charge is 0.410 e. The molecule has 44 heavy (non-hydrogen) atoms. The molecule has 0 radical (unpaired) electrons. The molecule has 1 aromatic carbocycles. The van der Waals surface area contributed by atoms with Gasteiger partial charge in [-0.3, -0.25) is 14.5 Å². The van der Waals surface area contributed by atoms with E-state index in [1.54, 1.807) is 56.7 Å². The predicted octanol–water partition coefficient (Wildman–Crippen LogP) is 4.17. The van der Waals surface area contributed by atoms with Crippen molar-refractivity contribution in [2.75, 3.05) is 53.5 Å². The van der Waals surface area contributed by atoms with Gasteiger partial charge in [-0.15, -0.1) is 0 Å². The Hall–Kier alpha value is -4.06. The Morgan fingerprint density at radius 3 is 2.14 bits per heavy atom. The molecule has 1 aliphatic rings. The molecule has 1 aromatic heterocycles. The number of carbonyl (C=O) groups excluding carboxylic acids is 4. The molecule has 1 aliphatic heterocycles. The second-order valence-corrected chi connectivity index (χ2v) is 12.1. The summed E-state index contributed by atoms with van der Waals surface area (Å²) in [5.41, 5.74) is 0.218. The quantitative estimate of drug-likeness (QED) is 0.370. The van der Waals surface area contributed by atoms with Crippen LogP contribution in [0.1, 0.15) is 52.0 Å². The first-order valence-electron chi connectivity index (χ1n) is 14.9. The Kier molecular flexibility index (Phi) is 12.2. The lowest BCUT2D eigenvalue weighted by Crippen LogP contribution is -2.51. The number of carbonyl (C=O) groups is 4. The van der Waals surface area contributed by atoms with Gasteiger partial charge in [0.25, 0.3) is 0 Å². The van der Waals surface area contributed by atoms with Crippen molar-refractivity contribution in [2.24, 2.45) is 5.92 Å². The molecule has 4 amide bonds. The summed E-state index contributed by atoms with van der Waals surface area (Å²) in [6, 6.07) is 11.7. The maximum absolute atomic E-state index is 13.5. The van der Waals surface area contributed by atoms with Crippen molar-refractivity contribution in [1.29, 1.82) is 0 Å². The summed E-state index contributed by atoms with van der Waals surface area (Å²) in [6.07, 6.45) is 0.534. The van der Waals surface area contributed by atoms with Crippen molar-refractivity contribution < 1.29 is 37.8 Å². The zero-order valence-corrected chi connectivity index (χ0v) is 26.9. The first kappa shape index (κ1) is 34.4. The normalized spacial score (nSPS) is 15.6. The molecular formula is C32H46N4O8. The highest BCUT2D eigenvalue weighted by molar-refractivity contribution is 5.85. The zero-order chi connectivity index (χ0) is 32.4. The Balaban J connectivity index is 1.49. The third-order valence-corrected chi connectivity index (χ3v) is 7.46. The first-order chi connectivity index (χ1) is 20.8. The zero-order valence-electron chi connectivity index (χ0n) is 26.9. The molecule has 0 N–H and O–H groups in total. The molecule has 3 unspecified atom stereocenters. The average Bonchev–Trinajstić information content (AvgIpc) is 3.52. The van der Waals surface area contributed by atoms with E-state index in [2.05, 4.69) is 0 Å². The monoisotopic (exact) mass is 614 g/mol. The van der Waals surface area contributed by atoms with Gasteiger partial charge in [-0.25, -0.2) is 9.59 Å². The number of benzene rings is 1. The van der Waals surface area contributed by atoms with Crippen LogP contribution >= 0.6 is 0 Å². The molecule has 3 atom stereocenters. The van der Waals surface area contributed by atoms with Crippen molar-refractivity contribution in [1.82, 2.24) is 19.6 Å². The maximum atomic E-state index is 13.5. The number of amides is 4. The second kappa shape index (κ2) is 15.6. The summed E-state index contributed by atoms with van der Waals surface area (Å²) in [7, 11) is 3.18. The number of ether oxygens (including phenoxy) is 3. The SMILES string of the molecule is CC(COCC(=O)N1CCN(C(=O)OCc2ccccc2)CC1)C(c1ccco1)N(C)C(=O)C(C)N(C)C(=O)OC(C)(C)C. The average molecular weight is 615 g/mol. The number of piperazine rings is 1. The van der Waals surface area contributed by atoms with Gasteiger partial charge in [0.2, 0.25) is 11.8 Å². The number of nitrogens with zero attached hydrogens (tertiary/aromatic N) is 4. The van der Waals surface area contributed by atoms with Crippen molar-refractivity contribution in [3.05, 3.63) is 60.1 Å². The minimum absolute atomic E-state index is 0.136. The van der Waals surface area contributed by atoms with E-state index in [1.165, 1.54) is 23.1 Å². The van der Waals surface area contributed by atoms with Crippen LogP contribution in [0.5, 0.6) is 0 Å². The van der Waals surface area contributed by atoms with Crippen LogP contribution in [0.25, 0.3) is 0 Å². The fourth-order valence-corrected chi connectivity index (χ4v) is 4.87. The van der Waals surface area contributed by atoms with Crippen LogP contribution in [-0.2, 0) is 30.4 Å². The number of hydrogen-bond acceptors (Lipinski definition) is 8. The molecule has 2 heterocycles. The van der Waals surface area contributed by atoms with Crippen molar-refractivity contribution in [3.8, 4) is 0 Å². The van der Waals surface area contributed by atoms with Crippen LogP contribution in [0.4, 0.5) is 9.59 Å². The van der Waals surface area contributed by atoms with Crippen LogP contribution in [0.3, 0.4) is 0 Å². The fourth-order valence-electron chi connectivity index (χ4n) is 4.87.